The Hall–Kier alpha value is -0.110. The molecule has 0 spiro atoms. The van der Waals surface area contributed by atoms with Crippen molar-refractivity contribution in [1.29, 1.82) is 0 Å². The molecule has 0 aromatic carbocycles. The quantitative estimate of drug-likeness (QED) is 0.662. The Bertz CT molecular complexity index is 154. The number of hydrogen-bond acceptors (Lipinski definition) is 1. The molecule has 2 atom stereocenters. The van der Waals surface area contributed by atoms with Crippen LogP contribution in [0.15, 0.2) is 0 Å². The summed E-state index contributed by atoms with van der Waals surface area (Å²) in [4.78, 5) is 0. The van der Waals surface area contributed by atoms with Crippen LogP contribution in [0.3, 0.4) is 0 Å². The Morgan fingerprint density at radius 2 is 1.62 bits per heavy atom. The fraction of sp³-hybridized carbons (Fsp3) is 1.00. The second kappa shape index (κ2) is 4.41. The molecule has 1 aliphatic heterocycles. The van der Waals surface area contributed by atoms with Crippen LogP contribution in [0.4, 0.5) is 4.39 Å². The van der Waals surface area contributed by atoms with Gasteiger partial charge in [-0.2, -0.15) is 0 Å². The van der Waals surface area contributed by atoms with E-state index >= 15 is 0 Å². The Morgan fingerprint density at radius 1 is 0.923 bits per heavy atom. The van der Waals surface area contributed by atoms with Gasteiger partial charge in [0.2, 0.25) is 0 Å². The molecule has 0 aromatic heterocycles. The molecular weight excluding hydrogens is 165 g/mol. The Balaban J connectivity index is 1.93. The van der Waals surface area contributed by atoms with E-state index in [2.05, 4.69) is 5.32 Å². The maximum Gasteiger partial charge on any atom is 0.104 e. The number of alkyl halides is 1. The van der Waals surface area contributed by atoms with Gasteiger partial charge in [0.25, 0.3) is 0 Å². The molecule has 1 heterocycles. The first kappa shape index (κ1) is 9.45. The molecular formula is C11H20FN. The van der Waals surface area contributed by atoms with Gasteiger partial charge in [-0.05, 0) is 37.8 Å². The van der Waals surface area contributed by atoms with Gasteiger partial charge in [-0.1, -0.05) is 25.7 Å². The molecule has 0 aromatic rings. The summed E-state index contributed by atoms with van der Waals surface area (Å²) in [5.41, 5.74) is 0. The van der Waals surface area contributed by atoms with Gasteiger partial charge >= 0.3 is 0 Å². The molecule has 1 N–H and O–H groups in total. The third-order valence-electron chi connectivity index (χ3n) is 3.72. The Morgan fingerprint density at radius 3 is 2.38 bits per heavy atom. The summed E-state index contributed by atoms with van der Waals surface area (Å²) < 4.78 is 13.7. The van der Waals surface area contributed by atoms with Gasteiger partial charge in [-0.3, -0.25) is 0 Å². The van der Waals surface area contributed by atoms with Gasteiger partial charge in [0.15, 0.2) is 0 Å². The van der Waals surface area contributed by atoms with Crippen LogP contribution in [0, 0.1) is 11.8 Å². The molecule has 2 heteroatoms. The standard InChI is InChI=1S/C11H20FN/c12-11-6-8-13-7-5-10(11)9-3-1-2-4-9/h9-11,13H,1-8H2. The van der Waals surface area contributed by atoms with E-state index in [0.29, 0.717) is 11.8 Å². The van der Waals surface area contributed by atoms with E-state index in [4.69, 9.17) is 0 Å². The molecule has 13 heavy (non-hydrogen) atoms. The van der Waals surface area contributed by atoms with Gasteiger partial charge in [-0.15, -0.1) is 0 Å². The van der Waals surface area contributed by atoms with Crippen LogP contribution in [0.25, 0.3) is 0 Å². The molecule has 0 bridgehead atoms. The minimum absolute atomic E-state index is 0.373. The molecule has 1 saturated heterocycles. The molecule has 2 fully saturated rings. The monoisotopic (exact) mass is 185 g/mol. The minimum Gasteiger partial charge on any atom is -0.317 e. The fourth-order valence-electron chi connectivity index (χ4n) is 2.95. The summed E-state index contributed by atoms with van der Waals surface area (Å²) in [6.07, 6.45) is 6.50. The van der Waals surface area contributed by atoms with E-state index < -0.39 is 6.17 Å². The van der Waals surface area contributed by atoms with Crippen molar-refractivity contribution in [3.05, 3.63) is 0 Å². The highest BCUT2D eigenvalue weighted by atomic mass is 19.1. The zero-order valence-electron chi connectivity index (χ0n) is 8.27. The first-order chi connectivity index (χ1) is 6.38. The lowest BCUT2D eigenvalue weighted by molar-refractivity contribution is 0.160. The van der Waals surface area contributed by atoms with E-state index in [1.807, 2.05) is 0 Å². The van der Waals surface area contributed by atoms with Crippen LogP contribution in [0.1, 0.15) is 38.5 Å². The number of halogens is 1. The largest absolute Gasteiger partial charge is 0.317 e. The highest BCUT2D eigenvalue weighted by molar-refractivity contribution is 4.83. The predicted molar refractivity (Wildman–Crippen MR) is 52.4 cm³/mol. The van der Waals surface area contributed by atoms with E-state index in [1.54, 1.807) is 0 Å². The zero-order valence-corrected chi connectivity index (χ0v) is 8.27. The van der Waals surface area contributed by atoms with Crippen molar-refractivity contribution in [3.63, 3.8) is 0 Å². The van der Waals surface area contributed by atoms with Crippen LogP contribution in [-0.2, 0) is 0 Å². The summed E-state index contributed by atoms with van der Waals surface area (Å²) >= 11 is 0. The van der Waals surface area contributed by atoms with Crippen molar-refractivity contribution >= 4 is 0 Å². The van der Waals surface area contributed by atoms with Gasteiger partial charge < -0.3 is 5.32 Å². The van der Waals surface area contributed by atoms with Crippen molar-refractivity contribution in [2.45, 2.75) is 44.7 Å². The van der Waals surface area contributed by atoms with Crippen LogP contribution < -0.4 is 5.32 Å². The maximum absolute atomic E-state index is 13.7. The van der Waals surface area contributed by atoms with Crippen molar-refractivity contribution in [2.75, 3.05) is 13.1 Å². The van der Waals surface area contributed by atoms with E-state index in [0.717, 1.165) is 25.9 Å². The fourth-order valence-corrected chi connectivity index (χ4v) is 2.95. The molecule has 2 rings (SSSR count). The maximum atomic E-state index is 13.7. The number of hydrogen-bond donors (Lipinski definition) is 1. The SMILES string of the molecule is FC1CCNCCC1C1CCCC1. The van der Waals surface area contributed by atoms with Gasteiger partial charge in [-0.25, -0.2) is 4.39 Å². The summed E-state index contributed by atoms with van der Waals surface area (Å²) in [6.45, 7) is 1.91. The lowest BCUT2D eigenvalue weighted by Crippen LogP contribution is -2.23. The van der Waals surface area contributed by atoms with E-state index in [9.17, 15) is 4.39 Å². The zero-order chi connectivity index (χ0) is 9.10. The summed E-state index contributed by atoms with van der Waals surface area (Å²) in [5, 5.41) is 3.29. The normalized spacial score (nSPS) is 37.6. The van der Waals surface area contributed by atoms with Gasteiger partial charge in [0.1, 0.15) is 6.17 Å². The van der Waals surface area contributed by atoms with Crippen molar-refractivity contribution in [3.8, 4) is 0 Å². The van der Waals surface area contributed by atoms with Gasteiger partial charge in [0, 0.05) is 0 Å². The highest BCUT2D eigenvalue weighted by Gasteiger charge is 2.32. The van der Waals surface area contributed by atoms with Crippen LogP contribution in [0.2, 0.25) is 0 Å². The lowest BCUT2D eigenvalue weighted by atomic mass is 9.84. The second-order valence-corrected chi connectivity index (χ2v) is 4.55. The average molecular weight is 185 g/mol. The average Bonchev–Trinajstić information content (AvgIpc) is 2.56. The topological polar surface area (TPSA) is 12.0 Å². The predicted octanol–water partition coefficient (Wildman–Crippen LogP) is 2.51. The highest BCUT2D eigenvalue weighted by Crippen LogP contribution is 2.37. The minimum atomic E-state index is -0.530. The van der Waals surface area contributed by atoms with Crippen LogP contribution >= 0.6 is 0 Å². The first-order valence-corrected chi connectivity index (χ1v) is 5.72. The third-order valence-corrected chi connectivity index (χ3v) is 3.72. The molecule has 76 valence electrons. The Kier molecular flexibility index (Phi) is 3.20. The van der Waals surface area contributed by atoms with Crippen molar-refractivity contribution < 1.29 is 4.39 Å². The van der Waals surface area contributed by atoms with E-state index in [-0.39, 0.29) is 0 Å². The van der Waals surface area contributed by atoms with Gasteiger partial charge in [0.05, 0.1) is 0 Å². The number of rotatable bonds is 1. The molecule has 1 aliphatic carbocycles. The molecule has 2 unspecified atom stereocenters. The lowest BCUT2D eigenvalue weighted by Gasteiger charge is -2.24. The molecule has 0 radical (unpaired) electrons. The first-order valence-electron chi connectivity index (χ1n) is 5.72. The Labute approximate surface area is 80.1 Å². The van der Waals surface area contributed by atoms with Crippen molar-refractivity contribution in [1.82, 2.24) is 5.32 Å². The third kappa shape index (κ3) is 2.22. The number of nitrogens with one attached hydrogen (secondary N) is 1. The second-order valence-electron chi connectivity index (χ2n) is 4.55. The van der Waals surface area contributed by atoms with Crippen LogP contribution in [0.5, 0.6) is 0 Å². The summed E-state index contributed by atoms with van der Waals surface area (Å²) in [5.74, 6) is 1.08. The molecule has 1 nitrogen and oxygen atoms in total. The van der Waals surface area contributed by atoms with Crippen molar-refractivity contribution in [2.24, 2.45) is 11.8 Å². The summed E-state index contributed by atoms with van der Waals surface area (Å²) in [6, 6.07) is 0. The van der Waals surface area contributed by atoms with E-state index in [1.165, 1.54) is 25.7 Å². The molecule has 1 saturated carbocycles. The molecule has 0 amide bonds. The molecule has 2 aliphatic rings. The smallest absolute Gasteiger partial charge is 0.104 e. The summed E-state index contributed by atoms with van der Waals surface area (Å²) in [7, 11) is 0. The van der Waals surface area contributed by atoms with Crippen LogP contribution in [-0.4, -0.2) is 19.3 Å².